The first-order valence-corrected chi connectivity index (χ1v) is 15.5. The average molecular weight is 583 g/mol. The Bertz CT molecular complexity index is 1570. The molecule has 2 aromatic carbocycles. The lowest BCUT2D eigenvalue weighted by Gasteiger charge is -2.29. The molecule has 224 valence electrons. The van der Waals surface area contributed by atoms with E-state index in [1.807, 2.05) is 12.1 Å². The van der Waals surface area contributed by atoms with Gasteiger partial charge in [-0.05, 0) is 79.1 Å². The van der Waals surface area contributed by atoms with Crippen LogP contribution in [-0.4, -0.2) is 71.5 Å². The van der Waals surface area contributed by atoms with Crippen LogP contribution in [-0.2, 0) is 27.4 Å². The van der Waals surface area contributed by atoms with Gasteiger partial charge in [0.25, 0.3) is 5.91 Å². The van der Waals surface area contributed by atoms with Gasteiger partial charge in [0.1, 0.15) is 17.9 Å². The number of amides is 3. The molecule has 1 aliphatic carbocycles. The molecule has 4 atom stereocenters. The van der Waals surface area contributed by atoms with Crippen LogP contribution in [0.2, 0.25) is 0 Å². The number of nitrogens with one attached hydrogen (secondary N) is 1. The average Bonchev–Trinajstić information content (AvgIpc) is 3.72. The fourth-order valence-corrected chi connectivity index (χ4v) is 7.45. The molecular weight excluding hydrogens is 544 g/mol. The third-order valence-electron chi connectivity index (χ3n) is 9.63. The van der Waals surface area contributed by atoms with Crippen LogP contribution in [0.15, 0.2) is 48.5 Å². The monoisotopic (exact) mass is 582 g/mol. The van der Waals surface area contributed by atoms with Gasteiger partial charge < -0.3 is 14.4 Å². The van der Waals surface area contributed by atoms with Crippen LogP contribution < -0.4 is 10.1 Å². The molecule has 9 nitrogen and oxygen atoms in total. The first kappa shape index (κ1) is 28.0. The van der Waals surface area contributed by atoms with Gasteiger partial charge in [0.05, 0.1) is 5.52 Å². The molecule has 4 heterocycles. The molecule has 1 N–H and O–H groups in total. The number of benzene rings is 2. The van der Waals surface area contributed by atoms with Crippen LogP contribution in [0, 0.1) is 5.92 Å². The summed E-state index contributed by atoms with van der Waals surface area (Å²) in [4.78, 5) is 45.9. The Hall–Kier alpha value is -3.82. The van der Waals surface area contributed by atoms with Gasteiger partial charge in [-0.3, -0.25) is 29.6 Å². The number of carbonyl (C=O) groups excluding carboxylic acids is 3. The molecule has 2 saturated heterocycles. The second-order valence-electron chi connectivity index (χ2n) is 12.5. The highest BCUT2D eigenvalue weighted by atomic mass is 16.5. The third-order valence-corrected chi connectivity index (χ3v) is 9.63. The number of carbonyl (C=O) groups is 3. The van der Waals surface area contributed by atoms with Crippen molar-refractivity contribution in [2.45, 2.75) is 69.7 Å². The zero-order valence-corrected chi connectivity index (χ0v) is 24.6. The lowest BCUT2D eigenvalue weighted by atomic mass is 9.92. The number of methoxy groups -OCH3 is 1. The van der Waals surface area contributed by atoms with E-state index in [-0.39, 0.29) is 24.3 Å². The minimum atomic E-state index is -0.612. The standard InChI is InChI=1S/C34H38N4O5/c1-42-20-23-3-2-4-27(23)30-10-6-22-15-21(5-9-29(22)35-30)17-37-14-13-26(19-37)43-25-7-8-28-24(16-25)18-38(34(28)41)31-11-12-32(39)36-33(31)40/h5-10,15-16,23,26-27,31H,2-4,11-14,17-20H2,1H3,(H,36,39,40)/t23-,26-,27+,31?/m0/s1. The van der Waals surface area contributed by atoms with E-state index in [2.05, 4.69) is 40.5 Å². The number of ether oxygens (including phenoxy) is 2. The maximum Gasteiger partial charge on any atom is 0.255 e. The largest absolute Gasteiger partial charge is 0.489 e. The predicted molar refractivity (Wildman–Crippen MR) is 160 cm³/mol. The van der Waals surface area contributed by atoms with Crippen molar-refractivity contribution < 1.29 is 23.9 Å². The van der Waals surface area contributed by atoms with Crippen molar-refractivity contribution in [3.63, 3.8) is 0 Å². The number of nitrogens with zero attached hydrogens (tertiary/aromatic N) is 3. The van der Waals surface area contributed by atoms with E-state index >= 15 is 0 Å². The van der Waals surface area contributed by atoms with Gasteiger partial charge in [-0.1, -0.05) is 18.6 Å². The van der Waals surface area contributed by atoms with Crippen LogP contribution in [0.4, 0.5) is 0 Å². The molecule has 3 amide bonds. The van der Waals surface area contributed by atoms with E-state index in [0.29, 0.717) is 30.4 Å². The minimum Gasteiger partial charge on any atom is -0.489 e. The van der Waals surface area contributed by atoms with Gasteiger partial charge in [-0.25, -0.2) is 0 Å². The molecule has 9 heteroatoms. The second kappa shape index (κ2) is 11.7. The molecule has 3 fully saturated rings. The highest BCUT2D eigenvalue weighted by Gasteiger charge is 2.39. The Morgan fingerprint density at radius 3 is 2.77 bits per heavy atom. The van der Waals surface area contributed by atoms with Gasteiger partial charge in [0, 0.05) is 68.9 Å². The van der Waals surface area contributed by atoms with Gasteiger partial charge in [-0.2, -0.15) is 0 Å². The summed E-state index contributed by atoms with van der Waals surface area (Å²) in [5.41, 5.74) is 4.97. The summed E-state index contributed by atoms with van der Waals surface area (Å²) in [5, 5.41) is 3.53. The first-order valence-electron chi connectivity index (χ1n) is 15.5. The van der Waals surface area contributed by atoms with E-state index in [0.717, 1.165) is 49.5 Å². The van der Waals surface area contributed by atoms with Crippen molar-refractivity contribution in [3.05, 3.63) is 70.9 Å². The molecule has 7 rings (SSSR count). The molecule has 3 aromatic rings. The fourth-order valence-electron chi connectivity index (χ4n) is 7.45. The lowest BCUT2D eigenvalue weighted by Crippen LogP contribution is -2.52. The molecule has 1 unspecified atom stereocenters. The Morgan fingerprint density at radius 2 is 1.91 bits per heavy atom. The summed E-state index contributed by atoms with van der Waals surface area (Å²) in [6.07, 6.45) is 5.25. The first-order chi connectivity index (χ1) is 20.9. The third kappa shape index (κ3) is 5.63. The van der Waals surface area contributed by atoms with E-state index < -0.39 is 11.9 Å². The highest BCUT2D eigenvalue weighted by molar-refractivity contribution is 6.05. The second-order valence-corrected chi connectivity index (χ2v) is 12.5. The summed E-state index contributed by atoms with van der Waals surface area (Å²) in [5.74, 6) is 0.943. The summed E-state index contributed by atoms with van der Waals surface area (Å²) in [7, 11) is 1.79. The number of fused-ring (bicyclic) bond motifs is 2. The zero-order valence-electron chi connectivity index (χ0n) is 24.6. The molecule has 1 saturated carbocycles. The number of rotatable bonds is 8. The number of aromatic nitrogens is 1. The smallest absolute Gasteiger partial charge is 0.255 e. The number of hydrogen-bond acceptors (Lipinski definition) is 7. The van der Waals surface area contributed by atoms with E-state index in [1.165, 1.54) is 35.9 Å². The molecule has 3 aliphatic heterocycles. The van der Waals surface area contributed by atoms with E-state index in [4.69, 9.17) is 14.5 Å². The number of likely N-dealkylation sites (tertiary alicyclic amines) is 1. The molecule has 0 radical (unpaired) electrons. The molecule has 0 bridgehead atoms. The SMILES string of the molecule is COC[C@@H]1CCC[C@H]1c1ccc2cc(CN3CC[C@H](Oc4ccc5c(c4)CN(C4CCC(=O)NC4=O)C5=O)C3)ccc2n1. The van der Waals surface area contributed by atoms with Crippen LogP contribution in [0.3, 0.4) is 0 Å². The fraction of sp³-hybridized carbons (Fsp3) is 0.471. The number of imide groups is 1. The summed E-state index contributed by atoms with van der Waals surface area (Å²) in [6.45, 7) is 3.79. The van der Waals surface area contributed by atoms with Crippen molar-refractivity contribution >= 4 is 28.6 Å². The minimum absolute atomic E-state index is 0.0672. The molecule has 1 aromatic heterocycles. The lowest BCUT2D eigenvalue weighted by molar-refractivity contribution is -0.136. The van der Waals surface area contributed by atoms with Gasteiger partial charge in [0.15, 0.2) is 0 Å². The van der Waals surface area contributed by atoms with E-state index in [9.17, 15) is 14.4 Å². The summed E-state index contributed by atoms with van der Waals surface area (Å²) < 4.78 is 11.8. The molecule has 43 heavy (non-hydrogen) atoms. The maximum atomic E-state index is 13.0. The summed E-state index contributed by atoms with van der Waals surface area (Å²) >= 11 is 0. The molecular formula is C34H38N4O5. The zero-order chi connectivity index (χ0) is 29.5. The summed E-state index contributed by atoms with van der Waals surface area (Å²) in [6, 6.07) is 16.0. The van der Waals surface area contributed by atoms with Crippen LogP contribution >= 0.6 is 0 Å². The van der Waals surface area contributed by atoms with Crippen molar-refractivity contribution in [1.82, 2.24) is 20.1 Å². The van der Waals surface area contributed by atoms with Crippen molar-refractivity contribution in [2.24, 2.45) is 5.92 Å². The Kier molecular flexibility index (Phi) is 7.61. The highest BCUT2D eigenvalue weighted by Crippen LogP contribution is 2.39. The maximum absolute atomic E-state index is 13.0. The topological polar surface area (TPSA) is 101 Å². The Balaban J connectivity index is 0.957. The van der Waals surface area contributed by atoms with Crippen LogP contribution in [0.1, 0.15) is 71.6 Å². The number of piperidine rings is 1. The predicted octanol–water partition coefficient (Wildman–Crippen LogP) is 4.18. The van der Waals surface area contributed by atoms with E-state index in [1.54, 1.807) is 18.1 Å². The molecule has 4 aliphatic rings. The van der Waals surface area contributed by atoms with Gasteiger partial charge in [0.2, 0.25) is 11.8 Å². The Labute approximate surface area is 251 Å². The van der Waals surface area contributed by atoms with Crippen molar-refractivity contribution in [3.8, 4) is 5.75 Å². The normalized spacial score (nSPS) is 25.9. The van der Waals surface area contributed by atoms with Crippen molar-refractivity contribution in [2.75, 3.05) is 26.8 Å². The van der Waals surface area contributed by atoms with Crippen LogP contribution in [0.25, 0.3) is 10.9 Å². The quantitative estimate of drug-likeness (QED) is 0.398. The van der Waals surface area contributed by atoms with Crippen molar-refractivity contribution in [1.29, 1.82) is 0 Å². The number of pyridine rings is 1. The van der Waals surface area contributed by atoms with Gasteiger partial charge in [-0.15, -0.1) is 0 Å². The Morgan fingerprint density at radius 1 is 1.00 bits per heavy atom. The molecule has 0 spiro atoms. The van der Waals surface area contributed by atoms with Crippen LogP contribution in [0.5, 0.6) is 5.75 Å². The van der Waals surface area contributed by atoms with Gasteiger partial charge >= 0.3 is 0 Å². The number of hydrogen-bond donors (Lipinski definition) is 1.